The van der Waals surface area contributed by atoms with Crippen LogP contribution < -0.4 is 18.9 Å². The third-order valence-electron chi connectivity index (χ3n) is 14.2. The zero-order chi connectivity index (χ0) is 48.9. The Bertz CT molecular complexity index is 2530. The summed E-state index contributed by atoms with van der Waals surface area (Å²) >= 11 is 0. The average Bonchev–Trinajstić information content (AvgIpc) is 4.23. The van der Waals surface area contributed by atoms with E-state index in [1.165, 1.54) is 140 Å². The van der Waals surface area contributed by atoms with Gasteiger partial charge in [-0.2, -0.15) is 0 Å². The number of methoxy groups -OCH3 is 4. The van der Waals surface area contributed by atoms with E-state index in [0.29, 0.717) is 0 Å². The summed E-state index contributed by atoms with van der Waals surface area (Å²) in [5.41, 5.74) is 12.9. The summed E-state index contributed by atoms with van der Waals surface area (Å²) in [6.07, 6.45) is 39.3. The maximum atomic E-state index is 6.21. The number of aromatic nitrogens is 4. The van der Waals surface area contributed by atoms with Crippen molar-refractivity contribution < 1.29 is 18.9 Å². The quantitative estimate of drug-likeness (QED) is 0.0436. The van der Waals surface area contributed by atoms with Crippen LogP contribution in [0, 0.1) is 0 Å². The zero-order valence-electron chi connectivity index (χ0n) is 43.6. The molecule has 70 heavy (non-hydrogen) atoms. The Morgan fingerprint density at radius 3 is 1.03 bits per heavy atom. The van der Waals surface area contributed by atoms with Gasteiger partial charge < -0.3 is 28.9 Å². The Morgan fingerprint density at radius 2 is 0.686 bits per heavy atom. The van der Waals surface area contributed by atoms with Crippen molar-refractivity contribution in [3.63, 3.8) is 0 Å². The molecule has 5 heterocycles. The summed E-state index contributed by atoms with van der Waals surface area (Å²) in [5, 5.41) is 0. The molecule has 0 spiro atoms. The first-order valence-corrected chi connectivity index (χ1v) is 27.1. The summed E-state index contributed by atoms with van der Waals surface area (Å²) in [5.74, 6) is 3.07. The predicted molar refractivity (Wildman–Crippen MR) is 296 cm³/mol. The van der Waals surface area contributed by atoms with E-state index in [4.69, 9.17) is 28.9 Å². The summed E-state index contributed by atoms with van der Waals surface area (Å²) in [6.45, 7) is 4.57. The molecule has 374 valence electrons. The van der Waals surface area contributed by atoms with Crippen LogP contribution >= 0.6 is 0 Å². The molecule has 0 fully saturated rings. The first-order valence-electron chi connectivity index (χ1n) is 27.1. The van der Waals surface area contributed by atoms with Gasteiger partial charge in [-0.1, -0.05) is 142 Å². The SMILES string of the molecule is CCCCCCCCCCCCCc1cc(OC)c(-c2c3nc(cc4ccc([nH]4)c(-c4c(OC)cc(CCCCCCCCCCCCC)cc4OC)c4ccc(cc5nc2C=C5)[nH]4)C=C3)c(OC)c1. The topological polar surface area (TPSA) is 94.3 Å². The molecule has 0 saturated heterocycles. The molecule has 2 aliphatic rings. The fourth-order valence-electron chi connectivity index (χ4n) is 10.3. The van der Waals surface area contributed by atoms with Gasteiger partial charge in [0.05, 0.1) is 62.3 Å². The van der Waals surface area contributed by atoms with Gasteiger partial charge in [-0.3, -0.25) is 0 Å². The molecule has 0 saturated carbocycles. The molecule has 2 aromatic carbocycles. The number of aromatic amines is 2. The normalized spacial score (nSPS) is 12.0. The van der Waals surface area contributed by atoms with E-state index in [-0.39, 0.29) is 0 Å². The molecule has 7 rings (SSSR count). The zero-order valence-corrected chi connectivity index (χ0v) is 43.6. The largest absolute Gasteiger partial charge is 0.496 e. The maximum Gasteiger partial charge on any atom is 0.130 e. The van der Waals surface area contributed by atoms with E-state index in [1.807, 2.05) is 0 Å². The lowest BCUT2D eigenvalue weighted by molar-refractivity contribution is 0.396. The number of aryl methyl sites for hydroxylation is 2. The lowest BCUT2D eigenvalue weighted by atomic mass is 9.96. The van der Waals surface area contributed by atoms with Crippen LogP contribution in [0.15, 0.2) is 60.7 Å². The van der Waals surface area contributed by atoms with Crippen LogP contribution in [0.2, 0.25) is 0 Å². The summed E-state index contributed by atoms with van der Waals surface area (Å²) in [7, 11) is 6.99. The van der Waals surface area contributed by atoms with Crippen LogP contribution in [0.25, 0.3) is 68.6 Å². The highest BCUT2D eigenvalue weighted by atomic mass is 16.5. The van der Waals surface area contributed by atoms with Crippen molar-refractivity contribution in [1.29, 1.82) is 0 Å². The molecule has 2 N–H and O–H groups in total. The van der Waals surface area contributed by atoms with Crippen molar-refractivity contribution in [2.75, 3.05) is 28.4 Å². The number of rotatable bonds is 30. The van der Waals surface area contributed by atoms with Gasteiger partial charge in [-0.15, -0.1) is 0 Å². The Balaban J connectivity index is 1.17. The third-order valence-corrected chi connectivity index (χ3v) is 14.2. The van der Waals surface area contributed by atoms with E-state index in [1.54, 1.807) is 28.4 Å². The number of nitrogens with zero attached hydrogens (tertiary/aromatic N) is 2. The van der Waals surface area contributed by atoms with Crippen LogP contribution in [0.1, 0.15) is 189 Å². The highest BCUT2D eigenvalue weighted by Gasteiger charge is 2.23. The van der Waals surface area contributed by atoms with Crippen LogP contribution in [0.3, 0.4) is 0 Å². The van der Waals surface area contributed by atoms with Gasteiger partial charge in [0.25, 0.3) is 0 Å². The Kier molecular flexibility index (Phi) is 20.5. The van der Waals surface area contributed by atoms with E-state index >= 15 is 0 Å². The number of ether oxygens (including phenoxy) is 4. The van der Waals surface area contributed by atoms with Gasteiger partial charge >= 0.3 is 0 Å². The fraction of sp³-hybridized carbons (Fsp3) is 0.484. The van der Waals surface area contributed by atoms with Crippen molar-refractivity contribution >= 4 is 46.4 Å². The first-order chi connectivity index (χ1) is 34.5. The Hall–Kier alpha value is -5.76. The maximum absolute atomic E-state index is 6.21. The van der Waals surface area contributed by atoms with Crippen LogP contribution in [-0.4, -0.2) is 48.4 Å². The molecule has 8 nitrogen and oxygen atoms in total. The second-order valence-electron chi connectivity index (χ2n) is 19.5. The van der Waals surface area contributed by atoms with Crippen molar-refractivity contribution in [2.24, 2.45) is 0 Å². The molecule has 2 aliphatic heterocycles. The monoisotopic (exact) mass is 947 g/mol. The van der Waals surface area contributed by atoms with E-state index in [2.05, 4.69) is 109 Å². The van der Waals surface area contributed by atoms with Crippen LogP contribution in [0.5, 0.6) is 23.0 Å². The average molecular weight is 947 g/mol. The standard InChI is InChI=1S/C62H82N4O4/c1-7-9-11-13-15-17-19-21-23-25-27-29-45-39-55(67-3)61(56(40-45)68-4)59-51-35-31-47(63-51)43-49-33-37-53(65-49)60(54-38-34-50(66-54)44-48-32-36-52(59)64-48)62-57(69-5)41-46(42-58(62)70-6)30-28-26-24-22-20-18-16-14-12-10-8-2/h31-44,63-64H,7-30H2,1-6H3. The molecule has 0 unspecified atom stereocenters. The number of hydrogen-bond acceptors (Lipinski definition) is 6. The number of hydrogen-bond donors (Lipinski definition) is 2. The summed E-state index contributed by atoms with van der Waals surface area (Å²) < 4.78 is 24.8. The third kappa shape index (κ3) is 14.2. The summed E-state index contributed by atoms with van der Waals surface area (Å²) in [4.78, 5) is 17.9. The van der Waals surface area contributed by atoms with E-state index < -0.39 is 0 Å². The second kappa shape index (κ2) is 27.6. The van der Waals surface area contributed by atoms with Crippen molar-refractivity contribution in [3.05, 3.63) is 94.6 Å². The molecule has 0 atom stereocenters. The molecule has 0 radical (unpaired) electrons. The van der Waals surface area contributed by atoms with Crippen molar-refractivity contribution in [1.82, 2.24) is 19.9 Å². The van der Waals surface area contributed by atoms with E-state index in [9.17, 15) is 0 Å². The number of nitrogens with one attached hydrogen (secondary N) is 2. The Labute approximate surface area is 419 Å². The predicted octanol–water partition coefficient (Wildman–Crippen LogP) is 17.7. The first kappa shape index (κ1) is 52.1. The molecule has 5 aromatic rings. The fourth-order valence-corrected chi connectivity index (χ4v) is 10.3. The van der Waals surface area contributed by atoms with Crippen LogP contribution in [-0.2, 0) is 12.8 Å². The highest BCUT2D eigenvalue weighted by molar-refractivity contribution is 5.99. The highest BCUT2D eigenvalue weighted by Crippen LogP contribution is 2.45. The second-order valence-corrected chi connectivity index (χ2v) is 19.5. The molecular weight excluding hydrogens is 865 g/mol. The number of unbranched alkanes of at least 4 members (excludes halogenated alkanes) is 20. The molecule has 0 aliphatic carbocycles. The van der Waals surface area contributed by atoms with Gasteiger partial charge in [-0.25, -0.2) is 9.97 Å². The minimum atomic E-state index is 0.753. The van der Waals surface area contributed by atoms with Gasteiger partial charge in [0.1, 0.15) is 23.0 Å². The molecule has 8 heteroatoms. The summed E-state index contributed by atoms with van der Waals surface area (Å²) in [6, 6.07) is 21.4. The number of H-pyrrole nitrogens is 2. The van der Waals surface area contributed by atoms with E-state index in [0.717, 1.165) is 116 Å². The number of benzene rings is 2. The van der Waals surface area contributed by atoms with Crippen molar-refractivity contribution in [2.45, 2.75) is 168 Å². The molecule has 3 aromatic heterocycles. The van der Waals surface area contributed by atoms with Gasteiger partial charge in [-0.05, 0) is 122 Å². The minimum absolute atomic E-state index is 0.753. The van der Waals surface area contributed by atoms with Gasteiger partial charge in [0, 0.05) is 33.2 Å². The minimum Gasteiger partial charge on any atom is -0.496 e. The molecule has 0 amide bonds. The van der Waals surface area contributed by atoms with Crippen molar-refractivity contribution in [3.8, 4) is 45.3 Å². The lowest BCUT2D eigenvalue weighted by Gasteiger charge is -2.17. The van der Waals surface area contributed by atoms with Crippen LogP contribution in [0.4, 0.5) is 0 Å². The number of fused-ring (bicyclic) bond motifs is 8. The smallest absolute Gasteiger partial charge is 0.130 e. The van der Waals surface area contributed by atoms with Gasteiger partial charge in [0.15, 0.2) is 0 Å². The lowest BCUT2D eigenvalue weighted by Crippen LogP contribution is -1.99. The van der Waals surface area contributed by atoms with Gasteiger partial charge in [0.2, 0.25) is 0 Å². The molecular formula is C62H82N4O4. The molecule has 8 bridgehead atoms. The Morgan fingerprint density at radius 1 is 0.357 bits per heavy atom.